The second-order valence-electron chi connectivity index (χ2n) is 3.97. The monoisotopic (exact) mass is 211 g/mol. The average molecular weight is 211 g/mol. The lowest BCUT2D eigenvalue weighted by Crippen LogP contribution is -2.10. The number of halogens is 1. The highest BCUT2D eigenvalue weighted by molar-refractivity contribution is 5.45. The van der Waals surface area contributed by atoms with E-state index in [9.17, 15) is 14.6 Å². The van der Waals surface area contributed by atoms with Gasteiger partial charge in [-0.3, -0.25) is 0 Å². The first-order chi connectivity index (χ1) is 7.18. The maximum atomic E-state index is 12.9. The summed E-state index contributed by atoms with van der Waals surface area (Å²) in [5, 5.41) is 22.0. The zero-order valence-corrected chi connectivity index (χ0v) is 8.33. The molecule has 1 saturated heterocycles. The Bertz CT molecular complexity index is 362. The van der Waals surface area contributed by atoms with Gasteiger partial charge in [0, 0.05) is 0 Å². The molecule has 1 aliphatic heterocycles. The molecule has 15 heavy (non-hydrogen) atoms. The summed E-state index contributed by atoms with van der Waals surface area (Å²) in [5.41, 5.74) is 0.614. The van der Waals surface area contributed by atoms with Gasteiger partial charge in [0.1, 0.15) is 0 Å². The van der Waals surface area contributed by atoms with Crippen molar-refractivity contribution in [1.82, 2.24) is 5.32 Å². The molecule has 0 spiro atoms. The van der Waals surface area contributed by atoms with Crippen molar-refractivity contribution < 1.29 is 14.6 Å². The Hall–Kier alpha value is -1.29. The van der Waals surface area contributed by atoms with Crippen molar-refractivity contribution in [1.29, 1.82) is 0 Å². The minimum atomic E-state index is -0.777. The molecule has 82 valence electrons. The molecule has 0 radical (unpaired) electrons. The number of hydrogen-bond acceptors (Lipinski definition) is 3. The van der Waals surface area contributed by atoms with Gasteiger partial charge in [-0.05, 0) is 43.5 Å². The highest BCUT2D eigenvalue weighted by Gasteiger charge is 2.18. The van der Waals surface area contributed by atoms with Crippen molar-refractivity contribution in [2.24, 2.45) is 5.92 Å². The van der Waals surface area contributed by atoms with Crippen molar-refractivity contribution >= 4 is 0 Å². The maximum absolute atomic E-state index is 12.9. The van der Waals surface area contributed by atoms with Gasteiger partial charge in [0.05, 0.1) is 0 Å². The number of aromatic hydroxyl groups is 2. The van der Waals surface area contributed by atoms with Crippen LogP contribution in [0, 0.1) is 11.7 Å². The van der Waals surface area contributed by atoms with Crippen molar-refractivity contribution in [3.05, 3.63) is 23.5 Å². The van der Waals surface area contributed by atoms with E-state index in [1.165, 1.54) is 12.1 Å². The predicted molar refractivity (Wildman–Crippen MR) is 54.4 cm³/mol. The van der Waals surface area contributed by atoms with Crippen LogP contribution in [0.5, 0.6) is 11.5 Å². The van der Waals surface area contributed by atoms with E-state index in [-0.39, 0.29) is 5.75 Å². The molecule has 1 aromatic carbocycles. The Morgan fingerprint density at radius 3 is 2.80 bits per heavy atom. The first-order valence-electron chi connectivity index (χ1n) is 5.08. The fourth-order valence-corrected chi connectivity index (χ4v) is 1.96. The van der Waals surface area contributed by atoms with Crippen LogP contribution >= 0.6 is 0 Å². The molecule has 3 nitrogen and oxygen atoms in total. The minimum absolute atomic E-state index is 0.318. The van der Waals surface area contributed by atoms with Crippen molar-refractivity contribution in [3.8, 4) is 11.5 Å². The summed E-state index contributed by atoms with van der Waals surface area (Å²) in [4.78, 5) is 0. The molecule has 0 saturated carbocycles. The summed E-state index contributed by atoms with van der Waals surface area (Å²) in [6.45, 7) is 1.90. The molecule has 0 amide bonds. The Kier molecular flexibility index (Phi) is 2.77. The minimum Gasteiger partial charge on any atom is -0.504 e. The van der Waals surface area contributed by atoms with E-state index in [4.69, 9.17) is 0 Å². The number of phenols is 2. The third-order valence-corrected chi connectivity index (χ3v) is 2.86. The zero-order chi connectivity index (χ0) is 10.8. The average Bonchev–Trinajstić information content (AvgIpc) is 2.72. The Morgan fingerprint density at radius 2 is 2.13 bits per heavy atom. The SMILES string of the molecule is Oc1c(F)ccc(CC2CCNC2)c1O. The maximum Gasteiger partial charge on any atom is 0.194 e. The Balaban J connectivity index is 2.17. The van der Waals surface area contributed by atoms with Crippen LogP contribution in [0.2, 0.25) is 0 Å². The van der Waals surface area contributed by atoms with Crippen LogP contribution in [0.25, 0.3) is 0 Å². The topological polar surface area (TPSA) is 52.5 Å². The van der Waals surface area contributed by atoms with E-state index in [2.05, 4.69) is 5.32 Å². The van der Waals surface area contributed by atoms with Crippen LogP contribution in [0.3, 0.4) is 0 Å². The van der Waals surface area contributed by atoms with Gasteiger partial charge in [-0.2, -0.15) is 0 Å². The molecule has 1 aliphatic rings. The van der Waals surface area contributed by atoms with Gasteiger partial charge in [-0.15, -0.1) is 0 Å². The smallest absolute Gasteiger partial charge is 0.194 e. The van der Waals surface area contributed by atoms with Gasteiger partial charge in [0.15, 0.2) is 17.3 Å². The van der Waals surface area contributed by atoms with E-state index in [0.717, 1.165) is 19.5 Å². The molecule has 3 N–H and O–H groups in total. The number of phenolic OH excluding ortho intramolecular Hbond substituents is 2. The molecule has 1 aromatic rings. The highest BCUT2D eigenvalue weighted by Crippen LogP contribution is 2.33. The summed E-state index contributed by atoms with van der Waals surface area (Å²) in [5.74, 6) is -1.28. The highest BCUT2D eigenvalue weighted by atomic mass is 19.1. The lowest BCUT2D eigenvalue weighted by atomic mass is 9.98. The van der Waals surface area contributed by atoms with E-state index in [0.29, 0.717) is 17.9 Å². The zero-order valence-electron chi connectivity index (χ0n) is 8.33. The summed E-state index contributed by atoms with van der Waals surface area (Å²) in [6.07, 6.45) is 1.73. The van der Waals surface area contributed by atoms with Gasteiger partial charge < -0.3 is 15.5 Å². The fraction of sp³-hybridized carbons (Fsp3) is 0.455. The van der Waals surface area contributed by atoms with Crippen LogP contribution in [0.4, 0.5) is 4.39 Å². The molecule has 2 rings (SSSR count). The quantitative estimate of drug-likeness (QED) is 0.648. The summed E-state index contributed by atoms with van der Waals surface area (Å²) >= 11 is 0. The van der Waals surface area contributed by atoms with Crippen LogP contribution in [0.1, 0.15) is 12.0 Å². The molecule has 0 bridgehead atoms. The van der Waals surface area contributed by atoms with Gasteiger partial charge in [0.2, 0.25) is 0 Å². The van der Waals surface area contributed by atoms with E-state index >= 15 is 0 Å². The molecular weight excluding hydrogens is 197 g/mol. The van der Waals surface area contributed by atoms with Crippen LogP contribution in [-0.4, -0.2) is 23.3 Å². The number of nitrogens with one attached hydrogen (secondary N) is 1. The first-order valence-corrected chi connectivity index (χ1v) is 5.08. The van der Waals surface area contributed by atoms with Crippen molar-refractivity contribution in [2.75, 3.05) is 13.1 Å². The fourth-order valence-electron chi connectivity index (χ4n) is 1.96. The van der Waals surface area contributed by atoms with Crippen molar-refractivity contribution in [2.45, 2.75) is 12.8 Å². The van der Waals surface area contributed by atoms with Crippen LogP contribution < -0.4 is 5.32 Å². The van der Waals surface area contributed by atoms with Gasteiger partial charge in [-0.1, -0.05) is 6.07 Å². The van der Waals surface area contributed by atoms with E-state index in [1.807, 2.05) is 0 Å². The number of hydrogen-bond donors (Lipinski definition) is 3. The van der Waals surface area contributed by atoms with Gasteiger partial charge in [0.25, 0.3) is 0 Å². The number of rotatable bonds is 2. The van der Waals surface area contributed by atoms with Gasteiger partial charge in [-0.25, -0.2) is 4.39 Å². The predicted octanol–water partition coefficient (Wildman–Crippen LogP) is 1.39. The van der Waals surface area contributed by atoms with Gasteiger partial charge >= 0.3 is 0 Å². The third-order valence-electron chi connectivity index (χ3n) is 2.86. The second-order valence-corrected chi connectivity index (χ2v) is 3.97. The molecule has 0 aromatic heterocycles. The Labute approximate surface area is 87.6 Å². The normalized spacial score (nSPS) is 20.7. The number of benzene rings is 1. The Morgan fingerprint density at radius 1 is 1.33 bits per heavy atom. The standard InChI is InChI=1S/C11H14FNO2/c12-9-2-1-8(10(14)11(9)15)5-7-3-4-13-6-7/h1-2,7,13-15H,3-6H2. The third kappa shape index (κ3) is 2.04. The van der Waals surface area contributed by atoms with Crippen LogP contribution in [0.15, 0.2) is 12.1 Å². The molecule has 0 aliphatic carbocycles. The molecule has 1 atom stereocenters. The molecule has 1 heterocycles. The summed E-state index contributed by atoms with van der Waals surface area (Å²) in [7, 11) is 0. The largest absolute Gasteiger partial charge is 0.504 e. The lowest BCUT2D eigenvalue weighted by molar-refractivity contribution is 0.373. The van der Waals surface area contributed by atoms with E-state index < -0.39 is 11.6 Å². The summed E-state index contributed by atoms with van der Waals surface area (Å²) < 4.78 is 12.9. The lowest BCUT2D eigenvalue weighted by Gasteiger charge is -2.10. The molecular formula is C11H14FNO2. The summed E-state index contributed by atoms with van der Waals surface area (Å²) in [6, 6.07) is 2.72. The first kappa shape index (κ1) is 10.2. The van der Waals surface area contributed by atoms with E-state index in [1.54, 1.807) is 0 Å². The van der Waals surface area contributed by atoms with Crippen LogP contribution in [-0.2, 0) is 6.42 Å². The van der Waals surface area contributed by atoms with Crippen molar-refractivity contribution in [3.63, 3.8) is 0 Å². The molecule has 4 heteroatoms. The molecule has 1 unspecified atom stereocenters. The molecule has 1 fully saturated rings. The second kappa shape index (κ2) is 4.06.